The Morgan fingerprint density at radius 3 is 2.63 bits per heavy atom. The van der Waals surface area contributed by atoms with Gasteiger partial charge in [-0.1, -0.05) is 0 Å². The quantitative estimate of drug-likeness (QED) is 0.859. The van der Waals surface area contributed by atoms with Crippen molar-refractivity contribution in [3.05, 3.63) is 23.8 Å². The second-order valence-electron chi connectivity index (χ2n) is 4.19. The molecule has 1 amide bonds. The van der Waals surface area contributed by atoms with Crippen LogP contribution in [-0.4, -0.2) is 48.7 Å². The van der Waals surface area contributed by atoms with Crippen molar-refractivity contribution in [3.63, 3.8) is 0 Å². The molecule has 0 unspecified atom stereocenters. The van der Waals surface area contributed by atoms with Crippen molar-refractivity contribution < 1.29 is 24.2 Å². The normalized spacial score (nSPS) is 13.6. The number of ether oxygens (including phenoxy) is 2. The smallest absolute Gasteiger partial charge is 0.339 e. The molecule has 1 aromatic rings. The number of likely N-dealkylation sites (tertiary alicyclic amines) is 1. The Hall–Kier alpha value is -2.24. The number of rotatable bonds is 5. The highest BCUT2D eigenvalue weighted by atomic mass is 16.5. The molecule has 1 fully saturated rings. The Morgan fingerprint density at radius 2 is 2.11 bits per heavy atom. The van der Waals surface area contributed by atoms with Gasteiger partial charge in [0, 0.05) is 13.1 Å². The monoisotopic (exact) mass is 265 g/mol. The minimum atomic E-state index is -1.12. The van der Waals surface area contributed by atoms with Gasteiger partial charge in [0.05, 0.1) is 7.11 Å². The molecule has 0 bridgehead atoms. The van der Waals surface area contributed by atoms with E-state index in [1.54, 1.807) is 11.0 Å². The molecule has 2 rings (SSSR count). The van der Waals surface area contributed by atoms with Gasteiger partial charge in [-0.3, -0.25) is 4.79 Å². The van der Waals surface area contributed by atoms with E-state index in [4.69, 9.17) is 14.6 Å². The first kappa shape index (κ1) is 13.2. The average Bonchev–Trinajstić information content (AvgIpc) is 2.34. The van der Waals surface area contributed by atoms with Crippen LogP contribution in [0.4, 0.5) is 0 Å². The molecular weight excluding hydrogens is 250 g/mol. The number of carbonyl (C=O) groups excluding carboxylic acids is 1. The van der Waals surface area contributed by atoms with Crippen LogP contribution in [0.2, 0.25) is 0 Å². The highest BCUT2D eigenvalue weighted by molar-refractivity contribution is 5.91. The Bertz CT molecular complexity index is 496. The zero-order chi connectivity index (χ0) is 13.8. The molecule has 102 valence electrons. The molecule has 0 saturated carbocycles. The molecule has 0 atom stereocenters. The van der Waals surface area contributed by atoms with Crippen LogP contribution in [0.1, 0.15) is 16.8 Å². The number of carbonyl (C=O) groups is 2. The molecule has 1 aromatic carbocycles. The topological polar surface area (TPSA) is 76.1 Å². The van der Waals surface area contributed by atoms with E-state index in [2.05, 4.69) is 0 Å². The van der Waals surface area contributed by atoms with Crippen molar-refractivity contribution in [2.75, 3.05) is 26.8 Å². The van der Waals surface area contributed by atoms with Gasteiger partial charge in [0.25, 0.3) is 5.91 Å². The molecule has 19 heavy (non-hydrogen) atoms. The molecular formula is C13H15NO5. The Morgan fingerprint density at radius 1 is 1.37 bits per heavy atom. The number of benzene rings is 1. The lowest BCUT2D eigenvalue weighted by atomic mass is 10.2. The van der Waals surface area contributed by atoms with Crippen LogP contribution in [0.3, 0.4) is 0 Å². The molecule has 0 aliphatic carbocycles. The molecule has 1 N–H and O–H groups in total. The minimum absolute atomic E-state index is 0.0178. The van der Waals surface area contributed by atoms with Crippen LogP contribution in [0.15, 0.2) is 18.2 Å². The van der Waals surface area contributed by atoms with Crippen LogP contribution in [0, 0.1) is 0 Å². The van der Waals surface area contributed by atoms with E-state index in [-0.39, 0.29) is 23.8 Å². The number of nitrogens with zero attached hydrogens (tertiary/aromatic N) is 1. The van der Waals surface area contributed by atoms with Crippen molar-refractivity contribution in [1.29, 1.82) is 0 Å². The summed E-state index contributed by atoms with van der Waals surface area (Å²) in [5.41, 5.74) is -0.0178. The molecule has 1 heterocycles. The van der Waals surface area contributed by atoms with Gasteiger partial charge in [-0.15, -0.1) is 0 Å². The van der Waals surface area contributed by atoms with Gasteiger partial charge >= 0.3 is 5.97 Å². The third-order valence-corrected chi connectivity index (χ3v) is 2.98. The molecule has 6 nitrogen and oxygen atoms in total. The third-order valence-electron chi connectivity index (χ3n) is 2.98. The van der Waals surface area contributed by atoms with E-state index in [1.165, 1.54) is 19.2 Å². The van der Waals surface area contributed by atoms with Gasteiger partial charge in [0.15, 0.2) is 6.61 Å². The summed E-state index contributed by atoms with van der Waals surface area (Å²) < 4.78 is 10.2. The fraction of sp³-hybridized carbons (Fsp3) is 0.385. The van der Waals surface area contributed by atoms with E-state index in [0.717, 1.165) is 19.5 Å². The van der Waals surface area contributed by atoms with Gasteiger partial charge in [0.2, 0.25) is 0 Å². The first-order valence-corrected chi connectivity index (χ1v) is 5.93. The van der Waals surface area contributed by atoms with E-state index in [1.807, 2.05) is 0 Å². The Labute approximate surface area is 110 Å². The molecule has 0 spiro atoms. The first-order chi connectivity index (χ1) is 9.11. The van der Waals surface area contributed by atoms with E-state index in [0.29, 0.717) is 5.75 Å². The predicted molar refractivity (Wildman–Crippen MR) is 66.6 cm³/mol. The number of carboxylic acid groups (broad SMARTS) is 1. The molecule has 6 heteroatoms. The first-order valence-electron chi connectivity index (χ1n) is 5.93. The van der Waals surface area contributed by atoms with Crippen LogP contribution in [-0.2, 0) is 4.79 Å². The predicted octanol–water partition coefficient (Wildman–Crippen LogP) is 1.00. The lowest BCUT2D eigenvalue weighted by molar-refractivity contribution is -0.136. The van der Waals surface area contributed by atoms with Crippen molar-refractivity contribution in [2.24, 2.45) is 0 Å². The maximum Gasteiger partial charge on any atom is 0.339 e. The second-order valence-corrected chi connectivity index (χ2v) is 4.19. The van der Waals surface area contributed by atoms with Gasteiger partial charge in [-0.05, 0) is 24.6 Å². The largest absolute Gasteiger partial charge is 0.497 e. The van der Waals surface area contributed by atoms with Gasteiger partial charge in [0.1, 0.15) is 17.1 Å². The standard InChI is InChI=1S/C13H15NO5/c1-18-9-3-4-11(10(7-9)13(16)17)19-8-12(15)14-5-2-6-14/h3-4,7H,2,5-6,8H2,1H3,(H,16,17). The summed E-state index contributed by atoms with van der Waals surface area (Å²) in [4.78, 5) is 24.4. The van der Waals surface area contributed by atoms with E-state index in [9.17, 15) is 9.59 Å². The lowest BCUT2D eigenvalue weighted by Crippen LogP contribution is -2.44. The number of carboxylic acids is 1. The van der Waals surface area contributed by atoms with Crippen LogP contribution < -0.4 is 9.47 Å². The number of hydrogen-bond donors (Lipinski definition) is 1. The van der Waals surface area contributed by atoms with Crippen molar-refractivity contribution in [1.82, 2.24) is 4.90 Å². The number of hydrogen-bond acceptors (Lipinski definition) is 4. The minimum Gasteiger partial charge on any atom is -0.497 e. The summed E-state index contributed by atoms with van der Waals surface area (Å²) in [5, 5.41) is 9.09. The summed E-state index contributed by atoms with van der Waals surface area (Å²) in [6.45, 7) is 1.35. The summed E-state index contributed by atoms with van der Waals surface area (Å²) in [6, 6.07) is 4.45. The van der Waals surface area contributed by atoms with Crippen molar-refractivity contribution in [2.45, 2.75) is 6.42 Å². The number of amides is 1. The zero-order valence-corrected chi connectivity index (χ0v) is 10.6. The summed E-state index contributed by atoms with van der Waals surface area (Å²) in [5.74, 6) is -0.648. The Kier molecular flexibility index (Phi) is 3.89. The van der Waals surface area contributed by atoms with E-state index >= 15 is 0 Å². The number of aromatic carboxylic acids is 1. The van der Waals surface area contributed by atoms with E-state index < -0.39 is 5.97 Å². The van der Waals surface area contributed by atoms with Crippen LogP contribution >= 0.6 is 0 Å². The highest BCUT2D eigenvalue weighted by Crippen LogP contribution is 2.24. The number of methoxy groups -OCH3 is 1. The van der Waals surface area contributed by atoms with Crippen molar-refractivity contribution in [3.8, 4) is 11.5 Å². The Balaban J connectivity index is 2.06. The molecule has 1 saturated heterocycles. The van der Waals surface area contributed by atoms with Gasteiger partial charge < -0.3 is 19.5 Å². The van der Waals surface area contributed by atoms with Gasteiger partial charge in [-0.25, -0.2) is 4.79 Å². The van der Waals surface area contributed by atoms with Crippen molar-refractivity contribution >= 4 is 11.9 Å². The summed E-state index contributed by atoms with van der Waals surface area (Å²) in [7, 11) is 1.45. The highest BCUT2D eigenvalue weighted by Gasteiger charge is 2.21. The fourth-order valence-electron chi connectivity index (χ4n) is 1.73. The lowest BCUT2D eigenvalue weighted by Gasteiger charge is -2.30. The summed E-state index contributed by atoms with van der Waals surface area (Å²) in [6.07, 6.45) is 1.01. The molecule has 0 radical (unpaired) electrons. The molecule has 1 aliphatic rings. The van der Waals surface area contributed by atoms with Crippen LogP contribution in [0.25, 0.3) is 0 Å². The fourth-order valence-corrected chi connectivity index (χ4v) is 1.73. The SMILES string of the molecule is COc1ccc(OCC(=O)N2CCC2)c(C(=O)O)c1. The maximum atomic E-state index is 11.6. The second kappa shape index (κ2) is 5.60. The average molecular weight is 265 g/mol. The van der Waals surface area contributed by atoms with Gasteiger partial charge in [-0.2, -0.15) is 0 Å². The summed E-state index contributed by atoms with van der Waals surface area (Å²) >= 11 is 0. The molecule has 1 aliphatic heterocycles. The zero-order valence-electron chi connectivity index (χ0n) is 10.6. The third kappa shape index (κ3) is 2.96. The van der Waals surface area contributed by atoms with Crippen LogP contribution in [0.5, 0.6) is 11.5 Å². The maximum absolute atomic E-state index is 11.6. The molecule has 0 aromatic heterocycles.